The van der Waals surface area contributed by atoms with E-state index in [2.05, 4.69) is 194 Å². The lowest BCUT2D eigenvalue weighted by Crippen LogP contribution is -2.19. The highest BCUT2D eigenvalue weighted by molar-refractivity contribution is 5.78. The summed E-state index contributed by atoms with van der Waals surface area (Å²) in [5.41, 5.74) is 9.23. The highest BCUT2D eigenvalue weighted by atomic mass is 15.1. The van der Waals surface area contributed by atoms with E-state index in [0.717, 1.165) is 34.1 Å². The summed E-state index contributed by atoms with van der Waals surface area (Å²) < 4.78 is 0. The average Bonchev–Trinajstić information content (AvgIpc) is 3.04. The minimum absolute atomic E-state index is 0.161. The van der Waals surface area contributed by atoms with Gasteiger partial charge < -0.3 is 9.80 Å². The summed E-state index contributed by atoms with van der Waals surface area (Å²) in [6.45, 7) is 4.60. The molecular weight excluding hydrogens is 496 g/mol. The summed E-state index contributed by atoms with van der Waals surface area (Å²) in [5.74, 6) is 0. The van der Waals surface area contributed by atoms with Crippen LogP contribution in [0.4, 0.5) is 34.1 Å². The van der Waals surface area contributed by atoms with Crippen molar-refractivity contribution in [2.24, 2.45) is 0 Å². The molecule has 0 saturated carbocycles. The van der Waals surface area contributed by atoms with Crippen molar-refractivity contribution in [2.45, 2.75) is 19.3 Å². The van der Waals surface area contributed by atoms with Crippen LogP contribution in [0.2, 0.25) is 0 Å². The lowest BCUT2D eigenvalue weighted by atomic mass is 9.78. The summed E-state index contributed by atoms with van der Waals surface area (Å²) in [5, 5.41) is 0. The maximum atomic E-state index is 2.30. The van der Waals surface area contributed by atoms with E-state index >= 15 is 0 Å². The Balaban J connectivity index is 1.30. The monoisotopic (exact) mass is 530 g/mol. The second-order valence-corrected chi connectivity index (χ2v) is 10.7. The van der Waals surface area contributed by atoms with Crippen LogP contribution in [-0.4, -0.2) is 0 Å². The van der Waals surface area contributed by atoms with E-state index in [1.54, 1.807) is 0 Å². The van der Waals surface area contributed by atoms with Crippen LogP contribution in [0.1, 0.15) is 25.0 Å². The quantitative estimate of drug-likeness (QED) is 0.193. The number of benzene rings is 6. The molecule has 0 radical (unpaired) electrons. The molecule has 0 fully saturated rings. The first kappa shape index (κ1) is 26.2. The Morgan fingerprint density at radius 2 is 0.512 bits per heavy atom. The number of rotatable bonds is 8. The largest absolute Gasteiger partial charge is 0.311 e. The fourth-order valence-corrected chi connectivity index (χ4v) is 5.42. The van der Waals surface area contributed by atoms with Crippen LogP contribution in [-0.2, 0) is 5.41 Å². The second kappa shape index (κ2) is 11.6. The zero-order valence-electron chi connectivity index (χ0n) is 23.6. The lowest BCUT2D eigenvalue weighted by molar-refractivity contribution is 0.641. The molecule has 0 saturated heterocycles. The number of nitrogens with zero attached hydrogens (tertiary/aromatic N) is 2. The van der Waals surface area contributed by atoms with Gasteiger partial charge in [-0.25, -0.2) is 0 Å². The number of anilines is 6. The zero-order chi connectivity index (χ0) is 28.1. The smallest absolute Gasteiger partial charge is 0.0461 e. The second-order valence-electron chi connectivity index (χ2n) is 10.7. The molecule has 41 heavy (non-hydrogen) atoms. The van der Waals surface area contributed by atoms with E-state index in [1.165, 1.54) is 11.1 Å². The third-order valence-electron chi connectivity index (χ3n) is 7.75. The Labute approximate surface area is 243 Å². The van der Waals surface area contributed by atoms with Crippen molar-refractivity contribution in [1.29, 1.82) is 0 Å². The van der Waals surface area contributed by atoms with E-state index in [9.17, 15) is 0 Å². The van der Waals surface area contributed by atoms with Gasteiger partial charge in [0.2, 0.25) is 0 Å². The van der Waals surface area contributed by atoms with Gasteiger partial charge in [0.15, 0.2) is 0 Å². The van der Waals surface area contributed by atoms with Crippen molar-refractivity contribution < 1.29 is 0 Å². The first-order chi connectivity index (χ1) is 20.1. The summed E-state index contributed by atoms with van der Waals surface area (Å²) in [4.78, 5) is 4.60. The normalized spacial score (nSPS) is 11.2. The van der Waals surface area contributed by atoms with Crippen molar-refractivity contribution in [3.63, 3.8) is 0 Å². The maximum absolute atomic E-state index is 2.30. The van der Waals surface area contributed by atoms with E-state index < -0.39 is 0 Å². The third-order valence-corrected chi connectivity index (χ3v) is 7.75. The van der Waals surface area contributed by atoms with Crippen molar-refractivity contribution in [3.05, 3.63) is 181 Å². The third kappa shape index (κ3) is 5.50. The summed E-state index contributed by atoms with van der Waals surface area (Å²) in [6.07, 6.45) is 0. The van der Waals surface area contributed by atoms with Crippen LogP contribution in [0.25, 0.3) is 0 Å². The van der Waals surface area contributed by atoms with Gasteiger partial charge in [0.1, 0.15) is 0 Å². The molecule has 6 aromatic carbocycles. The van der Waals surface area contributed by atoms with Crippen molar-refractivity contribution in [2.75, 3.05) is 9.80 Å². The molecule has 0 N–H and O–H groups in total. The minimum atomic E-state index is -0.161. The predicted octanol–water partition coefficient (Wildman–Crippen LogP) is 11.0. The Kier molecular flexibility index (Phi) is 7.38. The van der Waals surface area contributed by atoms with Crippen LogP contribution in [0.15, 0.2) is 170 Å². The van der Waals surface area contributed by atoms with Gasteiger partial charge in [-0.1, -0.05) is 111 Å². The SMILES string of the molecule is CC(C)(c1ccc(N(c2ccccc2)c2ccccc2)cc1)c1ccc(N(c2ccccc2)c2ccccc2)cc1. The van der Waals surface area contributed by atoms with Gasteiger partial charge in [0.05, 0.1) is 0 Å². The van der Waals surface area contributed by atoms with E-state index in [-0.39, 0.29) is 5.41 Å². The Morgan fingerprint density at radius 3 is 0.756 bits per heavy atom. The Hall–Kier alpha value is -5.08. The molecule has 0 aliphatic heterocycles. The minimum Gasteiger partial charge on any atom is -0.311 e. The number of hydrogen-bond donors (Lipinski definition) is 0. The maximum Gasteiger partial charge on any atom is 0.0461 e. The molecule has 0 atom stereocenters. The molecular formula is C39H34N2. The van der Waals surface area contributed by atoms with Gasteiger partial charge in [-0.05, 0) is 83.9 Å². The Morgan fingerprint density at radius 1 is 0.293 bits per heavy atom. The van der Waals surface area contributed by atoms with Crippen LogP contribution in [0.3, 0.4) is 0 Å². The summed E-state index contributed by atoms with van der Waals surface area (Å²) in [7, 11) is 0. The van der Waals surface area contributed by atoms with Gasteiger partial charge in [-0.2, -0.15) is 0 Å². The van der Waals surface area contributed by atoms with Gasteiger partial charge in [-0.15, -0.1) is 0 Å². The number of hydrogen-bond acceptors (Lipinski definition) is 2. The summed E-state index contributed by atoms with van der Waals surface area (Å²) in [6, 6.07) is 60.2. The topological polar surface area (TPSA) is 6.48 Å². The molecule has 0 bridgehead atoms. The van der Waals surface area contributed by atoms with Crippen LogP contribution in [0, 0.1) is 0 Å². The fraction of sp³-hybridized carbons (Fsp3) is 0.0769. The van der Waals surface area contributed by atoms with Gasteiger partial charge in [0.25, 0.3) is 0 Å². The molecule has 6 aromatic rings. The van der Waals surface area contributed by atoms with Crippen molar-refractivity contribution in [1.82, 2.24) is 0 Å². The molecule has 0 unspecified atom stereocenters. The molecule has 2 nitrogen and oxygen atoms in total. The van der Waals surface area contributed by atoms with Crippen molar-refractivity contribution in [3.8, 4) is 0 Å². The molecule has 0 heterocycles. The standard InChI is InChI=1S/C39H34N2/c1-39(2,31-23-27-37(28-24-31)40(33-15-7-3-8-16-33)34-17-9-4-10-18-34)32-25-29-38(30-26-32)41(35-19-11-5-12-20-35)36-21-13-6-14-22-36/h3-30H,1-2H3. The lowest BCUT2D eigenvalue weighted by Gasteiger charge is -2.30. The fourth-order valence-electron chi connectivity index (χ4n) is 5.42. The van der Waals surface area contributed by atoms with E-state index in [0.29, 0.717) is 0 Å². The summed E-state index contributed by atoms with van der Waals surface area (Å²) >= 11 is 0. The highest BCUT2D eigenvalue weighted by Gasteiger charge is 2.24. The first-order valence-corrected chi connectivity index (χ1v) is 14.1. The van der Waals surface area contributed by atoms with E-state index in [4.69, 9.17) is 0 Å². The molecule has 0 aliphatic carbocycles. The number of para-hydroxylation sites is 4. The van der Waals surface area contributed by atoms with Gasteiger partial charge in [0, 0.05) is 39.5 Å². The highest BCUT2D eigenvalue weighted by Crippen LogP contribution is 2.39. The van der Waals surface area contributed by atoms with Crippen LogP contribution < -0.4 is 9.80 Å². The van der Waals surface area contributed by atoms with E-state index in [1.807, 2.05) is 0 Å². The average molecular weight is 531 g/mol. The molecule has 0 aliphatic rings. The molecule has 0 amide bonds. The van der Waals surface area contributed by atoms with Crippen LogP contribution >= 0.6 is 0 Å². The molecule has 0 aromatic heterocycles. The van der Waals surface area contributed by atoms with Gasteiger partial charge >= 0.3 is 0 Å². The molecule has 6 rings (SSSR count). The van der Waals surface area contributed by atoms with Crippen molar-refractivity contribution >= 4 is 34.1 Å². The zero-order valence-corrected chi connectivity index (χ0v) is 23.6. The molecule has 200 valence electrons. The molecule has 2 heteroatoms. The Bertz CT molecular complexity index is 1450. The first-order valence-electron chi connectivity index (χ1n) is 14.1. The van der Waals surface area contributed by atoms with Gasteiger partial charge in [-0.3, -0.25) is 0 Å². The predicted molar refractivity (Wildman–Crippen MR) is 174 cm³/mol. The van der Waals surface area contributed by atoms with Crippen LogP contribution in [0.5, 0.6) is 0 Å². The molecule has 0 spiro atoms.